The highest BCUT2D eigenvalue weighted by Gasteiger charge is 2.13. The van der Waals surface area contributed by atoms with E-state index in [2.05, 4.69) is 15.3 Å². The first-order chi connectivity index (χ1) is 11.7. The third-order valence-corrected chi connectivity index (χ3v) is 4.47. The van der Waals surface area contributed by atoms with Gasteiger partial charge in [0.15, 0.2) is 0 Å². The third-order valence-electron chi connectivity index (χ3n) is 3.60. The van der Waals surface area contributed by atoms with Gasteiger partial charge in [-0.2, -0.15) is 0 Å². The highest BCUT2D eigenvalue weighted by molar-refractivity contribution is 7.13. The molecule has 2 aromatic carbocycles. The standard InChI is InChI=1S/C18H12FN3OS/c19-12-5-7-13(8-6-12)20-17(23)16-10-24-18(22-16)15-9-11-3-1-2-4-14(11)21-15/h1-10,21H,(H,20,23). The number of H-pyrrole nitrogens is 1. The van der Waals surface area contributed by atoms with Crippen LogP contribution in [0.4, 0.5) is 10.1 Å². The summed E-state index contributed by atoms with van der Waals surface area (Å²) in [5, 5.41) is 6.26. The van der Waals surface area contributed by atoms with E-state index >= 15 is 0 Å². The number of carbonyl (C=O) groups is 1. The van der Waals surface area contributed by atoms with Crippen molar-refractivity contribution in [1.29, 1.82) is 0 Å². The molecule has 0 spiro atoms. The van der Waals surface area contributed by atoms with Gasteiger partial charge in [-0.1, -0.05) is 18.2 Å². The van der Waals surface area contributed by atoms with E-state index < -0.39 is 0 Å². The molecule has 0 saturated carbocycles. The second-order valence-corrected chi connectivity index (χ2v) is 6.13. The zero-order valence-corrected chi connectivity index (χ0v) is 13.2. The summed E-state index contributed by atoms with van der Waals surface area (Å²) in [6, 6.07) is 15.6. The molecule has 0 aliphatic rings. The summed E-state index contributed by atoms with van der Waals surface area (Å²) in [7, 11) is 0. The Kier molecular flexibility index (Phi) is 3.59. The Bertz CT molecular complexity index is 987. The largest absolute Gasteiger partial charge is 0.353 e. The van der Waals surface area contributed by atoms with Gasteiger partial charge < -0.3 is 10.3 Å². The molecule has 2 heterocycles. The van der Waals surface area contributed by atoms with Crippen LogP contribution in [-0.4, -0.2) is 15.9 Å². The number of amides is 1. The summed E-state index contributed by atoms with van der Waals surface area (Å²) in [5.41, 5.74) is 2.77. The van der Waals surface area contributed by atoms with E-state index in [1.807, 2.05) is 30.3 Å². The zero-order valence-electron chi connectivity index (χ0n) is 12.4. The quantitative estimate of drug-likeness (QED) is 0.570. The van der Waals surface area contributed by atoms with Crippen molar-refractivity contribution in [3.05, 3.63) is 71.5 Å². The molecular weight excluding hydrogens is 325 g/mol. The molecule has 4 nitrogen and oxygen atoms in total. The van der Waals surface area contributed by atoms with Crippen LogP contribution in [0.5, 0.6) is 0 Å². The lowest BCUT2D eigenvalue weighted by atomic mass is 10.2. The number of aromatic nitrogens is 2. The lowest BCUT2D eigenvalue weighted by molar-refractivity contribution is 0.102. The van der Waals surface area contributed by atoms with Gasteiger partial charge in [-0.05, 0) is 36.4 Å². The second kappa shape index (κ2) is 5.90. The Morgan fingerprint density at radius 2 is 1.92 bits per heavy atom. The number of para-hydroxylation sites is 1. The number of aromatic amines is 1. The van der Waals surface area contributed by atoms with E-state index in [4.69, 9.17) is 0 Å². The Morgan fingerprint density at radius 3 is 2.71 bits per heavy atom. The first-order valence-electron chi connectivity index (χ1n) is 7.29. The summed E-state index contributed by atoms with van der Waals surface area (Å²) >= 11 is 1.40. The second-order valence-electron chi connectivity index (χ2n) is 5.27. The number of carbonyl (C=O) groups excluding carboxylic acids is 1. The molecule has 2 N–H and O–H groups in total. The predicted molar refractivity (Wildman–Crippen MR) is 93.8 cm³/mol. The van der Waals surface area contributed by atoms with Crippen LogP contribution in [0.15, 0.2) is 60.0 Å². The van der Waals surface area contributed by atoms with Crippen molar-refractivity contribution in [2.75, 3.05) is 5.32 Å². The molecule has 0 bridgehead atoms. The van der Waals surface area contributed by atoms with Gasteiger partial charge in [0.1, 0.15) is 16.5 Å². The molecule has 6 heteroatoms. The summed E-state index contributed by atoms with van der Waals surface area (Å²) in [6.45, 7) is 0. The monoisotopic (exact) mass is 337 g/mol. The number of hydrogen-bond acceptors (Lipinski definition) is 3. The molecule has 0 unspecified atom stereocenters. The molecule has 118 valence electrons. The van der Waals surface area contributed by atoms with Gasteiger partial charge in [0.2, 0.25) is 0 Å². The molecule has 24 heavy (non-hydrogen) atoms. The predicted octanol–water partition coefficient (Wildman–Crippen LogP) is 4.68. The van der Waals surface area contributed by atoms with Crippen LogP contribution in [0.25, 0.3) is 21.6 Å². The number of anilines is 1. The number of halogens is 1. The summed E-state index contributed by atoms with van der Waals surface area (Å²) in [5.74, 6) is -0.664. The van der Waals surface area contributed by atoms with E-state index in [9.17, 15) is 9.18 Å². The maximum absolute atomic E-state index is 12.9. The van der Waals surface area contributed by atoms with Crippen LogP contribution in [0.2, 0.25) is 0 Å². The summed E-state index contributed by atoms with van der Waals surface area (Å²) in [6.07, 6.45) is 0. The summed E-state index contributed by atoms with van der Waals surface area (Å²) in [4.78, 5) is 19.9. The van der Waals surface area contributed by atoms with Crippen molar-refractivity contribution in [3.8, 4) is 10.7 Å². The van der Waals surface area contributed by atoms with Gasteiger partial charge in [0, 0.05) is 22.0 Å². The van der Waals surface area contributed by atoms with Gasteiger partial charge in [0.25, 0.3) is 5.91 Å². The minimum absolute atomic E-state index is 0.319. The highest BCUT2D eigenvalue weighted by Crippen LogP contribution is 2.27. The smallest absolute Gasteiger partial charge is 0.275 e. The summed E-state index contributed by atoms with van der Waals surface area (Å²) < 4.78 is 12.9. The fourth-order valence-electron chi connectivity index (χ4n) is 2.42. The van der Waals surface area contributed by atoms with E-state index in [1.54, 1.807) is 5.38 Å². The molecule has 0 fully saturated rings. The van der Waals surface area contributed by atoms with Crippen LogP contribution in [0.3, 0.4) is 0 Å². The molecule has 0 radical (unpaired) electrons. The van der Waals surface area contributed by atoms with Crippen LogP contribution in [0, 0.1) is 5.82 Å². The third kappa shape index (κ3) is 2.79. The average molecular weight is 337 g/mol. The number of thiazole rings is 1. The maximum Gasteiger partial charge on any atom is 0.275 e. The number of nitrogens with zero attached hydrogens (tertiary/aromatic N) is 1. The Balaban J connectivity index is 1.57. The average Bonchev–Trinajstić information content (AvgIpc) is 3.23. The van der Waals surface area contributed by atoms with Crippen LogP contribution in [-0.2, 0) is 0 Å². The minimum Gasteiger partial charge on any atom is -0.353 e. The Morgan fingerprint density at radius 1 is 1.12 bits per heavy atom. The van der Waals surface area contributed by atoms with E-state index in [1.165, 1.54) is 35.6 Å². The lowest BCUT2D eigenvalue weighted by Gasteiger charge is -2.02. The minimum atomic E-state index is -0.345. The van der Waals surface area contributed by atoms with E-state index in [0.29, 0.717) is 11.4 Å². The number of benzene rings is 2. The van der Waals surface area contributed by atoms with Crippen LogP contribution >= 0.6 is 11.3 Å². The van der Waals surface area contributed by atoms with Gasteiger partial charge in [0.05, 0.1) is 5.69 Å². The van der Waals surface area contributed by atoms with Crippen molar-refractivity contribution >= 4 is 33.8 Å². The zero-order chi connectivity index (χ0) is 16.5. The molecule has 1 amide bonds. The molecule has 4 rings (SSSR count). The molecule has 4 aromatic rings. The van der Waals surface area contributed by atoms with Crippen molar-refractivity contribution in [2.45, 2.75) is 0 Å². The van der Waals surface area contributed by atoms with Gasteiger partial charge in [-0.25, -0.2) is 9.37 Å². The SMILES string of the molecule is O=C(Nc1ccc(F)cc1)c1csc(-c2cc3ccccc3[nH]2)n1. The van der Waals surface area contributed by atoms with Gasteiger partial charge >= 0.3 is 0 Å². The van der Waals surface area contributed by atoms with Crippen LogP contribution in [0.1, 0.15) is 10.5 Å². The molecule has 2 aromatic heterocycles. The molecule has 0 saturated heterocycles. The Hall–Kier alpha value is -2.99. The first-order valence-corrected chi connectivity index (χ1v) is 8.17. The van der Waals surface area contributed by atoms with Crippen molar-refractivity contribution in [2.24, 2.45) is 0 Å². The maximum atomic E-state index is 12.9. The molecule has 0 atom stereocenters. The van der Waals surface area contributed by atoms with E-state index in [-0.39, 0.29) is 11.7 Å². The molecular formula is C18H12FN3OS. The fraction of sp³-hybridized carbons (Fsp3) is 0. The van der Waals surface area contributed by atoms with Crippen LogP contribution < -0.4 is 5.32 Å². The fourth-order valence-corrected chi connectivity index (χ4v) is 3.19. The Labute approximate surface area is 141 Å². The number of hydrogen-bond donors (Lipinski definition) is 2. The lowest BCUT2D eigenvalue weighted by Crippen LogP contribution is -2.12. The number of fused-ring (bicyclic) bond motifs is 1. The van der Waals surface area contributed by atoms with Crippen molar-refractivity contribution in [3.63, 3.8) is 0 Å². The number of nitrogens with one attached hydrogen (secondary N) is 2. The van der Waals surface area contributed by atoms with Crippen molar-refractivity contribution < 1.29 is 9.18 Å². The topological polar surface area (TPSA) is 57.8 Å². The van der Waals surface area contributed by atoms with Crippen molar-refractivity contribution in [1.82, 2.24) is 9.97 Å². The first kappa shape index (κ1) is 14.6. The number of rotatable bonds is 3. The molecule has 0 aliphatic heterocycles. The normalized spacial score (nSPS) is 10.9. The molecule has 0 aliphatic carbocycles. The van der Waals surface area contributed by atoms with E-state index in [0.717, 1.165) is 21.6 Å². The van der Waals surface area contributed by atoms with Gasteiger partial charge in [-0.3, -0.25) is 4.79 Å². The highest BCUT2D eigenvalue weighted by atomic mass is 32.1. The van der Waals surface area contributed by atoms with Gasteiger partial charge in [-0.15, -0.1) is 11.3 Å².